The van der Waals surface area contributed by atoms with Gasteiger partial charge in [-0.1, -0.05) is 72.3 Å². The molecule has 2 aliphatic rings. The number of amides is 4. The smallest absolute Gasteiger partial charge is 0.334 e. The highest BCUT2D eigenvalue weighted by Gasteiger charge is 2.51. The van der Waals surface area contributed by atoms with Crippen LogP contribution in [0.25, 0.3) is 10.9 Å². The second kappa shape index (κ2) is 12.4. The van der Waals surface area contributed by atoms with Crippen molar-refractivity contribution in [3.63, 3.8) is 0 Å². The van der Waals surface area contributed by atoms with Crippen molar-refractivity contribution < 1.29 is 19.5 Å². The van der Waals surface area contributed by atoms with E-state index >= 15 is 0 Å². The summed E-state index contributed by atoms with van der Waals surface area (Å²) in [4.78, 5) is 45.1. The lowest BCUT2D eigenvalue weighted by Crippen LogP contribution is -2.76. The molecular formula is C32H32ClN7O4. The maximum atomic E-state index is 14.2. The molecule has 4 amide bonds. The third-order valence-corrected chi connectivity index (χ3v) is 8.32. The Kier molecular flexibility index (Phi) is 8.23. The predicted octanol–water partition coefficient (Wildman–Crippen LogP) is 3.66. The molecule has 0 aliphatic carbocycles. The van der Waals surface area contributed by atoms with Gasteiger partial charge in [-0.05, 0) is 34.9 Å². The van der Waals surface area contributed by atoms with E-state index in [1.807, 2.05) is 48.5 Å². The average Bonchev–Trinajstić information content (AvgIpc) is 3.41. The van der Waals surface area contributed by atoms with E-state index in [0.717, 1.165) is 22.1 Å². The Hall–Kier alpha value is -4.87. The van der Waals surface area contributed by atoms with Gasteiger partial charge in [0.2, 0.25) is 11.8 Å². The summed E-state index contributed by atoms with van der Waals surface area (Å²) in [6.07, 6.45) is 1.07. The summed E-state index contributed by atoms with van der Waals surface area (Å²) in [6.45, 7) is 4.59. The van der Waals surface area contributed by atoms with E-state index < -0.39 is 18.2 Å². The van der Waals surface area contributed by atoms with Gasteiger partial charge in [-0.15, -0.1) is 6.58 Å². The molecule has 3 N–H and O–H groups in total. The topological polar surface area (TPSA) is 125 Å². The molecule has 2 saturated heterocycles. The van der Waals surface area contributed by atoms with E-state index in [4.69, 9.17) is 11.6 Å². The fourth-order valence-corrected chi connectivity index (χ4v) is 6.16. The first-order valence-electron chi connectivity index (χ1n) is 14.3. The first kappa shape index (κ1) is 29.2. The SMILES string of the molecule is C=CCN1CC(=O)N2[C@@H](Cc3ccc(O)cc3)C(=O)N(Cc3cccc4c(Cl)n[nH]c34)C[C@@H]2N1C(=O)NCc1ccccc1. The van der Waals surface area contributed by atoms with Crippen LogP contribution in [0.15, 0.2) is 85.5 Å². The van der Waals surface area contributed by atoms with Gasteiger partial charge in [-0.25, -0.2) is 14.8 Å². The highest BCUT2D eigenvalue weighted by Crippen LogP contribution is 2.31. The highest BCUT2D eigenvalue weighted by atomic mass is 35.5. The fraction of sp³-hybridized carbons (Fsp3) is 0.250. The summed E-state index contributed by atoms with van der Waals surface area (Å²) in [7, 11) is 0. The van der Waals surface area contributed by atoms with Crippen LogP contribution in [0.1, 0.15) is 16.7 Å². The van der Waals surface area contributed by atoms with Crippen molar-refractivity contribution in [3.05, 3.63) is 107 Å². The van der Waals surface area contributed by atoms with Crippen molar-refractivity contribution in [1.82, 2.24) is 35.3 Å². The molecular weight excluding hydrogens is 582 g/mol. The molecule has 11 nitrogen and oxygen atoms in total. The average molecular weight is 614 g/mol. The minimum atomic E-state index is -0.884. The standard InChI is InChI=1S/C32H32ClN7O4/c1-2-15-38-20-28(42)39-26(16-21-11-13-24(41)14-12-21)31(43)37(18-23-9-6-10-25-29(23)35-36-30(25)33)19-27(39)40(38)32(44)34-17-22-7-4-3-5-8-22/h2-14,26-27,41H,1,15-20H2,(H,34,44)(H,35,36)/t26-,27-/m0/s1. The quantitative estimate of drug-likeness (QED) is 0.261. The summed E-state index contributed by atoms with van der Waals surface area (Å²) in [5.41, 5.74) is 3.22. The minimum Gasteiger partial charge on any atom is -0.508 e. The number of nitrogens with one attached hydrogen (secondary N) is 2. The van der Waals surface area contributed by atoms with Crippen LogP contribution >= 0.6 is 11.6 Å². The van der Waals surface area contributed by atoms with Gasteiger partial charge in [0.1, 0.15) is 18.0 Å². The molecule has 44 heavy (non-hydrogen) atoms. The number of para-hydroxylation sites is 1. The van der Waals surface area contributed by atoms with Gasteiger partial charge in [0.15, 0.2) is 5.15 Å². The summed E-state index contributed by atoms with van der Waals surface area (Å²) in [5, 5.41) is 24.2. The summed E-state index contributed by atoms with van der Waals surface area (Å²) in [6, 6.07) is 20.4. The molecule has 2 aliphatic heterocycles. The number of carbonyl (C=O) groups excluding carboxylic acids is 3. The second-order valence-corrected chi connectivity index (χ2v) is 11.2. The molecule has 12 heteroatoms. The molecule has 3 aromatic carbocycles. The molecule has 4 aromatic rings. The number of urea groups is 1. The number of H-pyrrole nitrogens is 1. The number of phenolic OH excluding ortho intramolecular Hbond substituents is 1. The van der Waals surface area contributed by atoms with Gasteiger partial charge in [0, 0.05) is 31.4 Å². The normalized spacial score (nSPS) is 18.9. The van der Waals surface area contributed by atoms with E-state index in [9.17, 15) is 19.5 Å². The number of nitrogens with zero attached hydrogens (tertiary/aromatic N) is 5. The lowest BCUT2D eigenvalue weighted by Gasteiger charge is -2.55. The van der Waals surface area contributed by atoms with Crippen LogP contribution in [0.3, 0.4) is 0 Å². The Bertz CT molecular complexity index is 1690. The molecule has 6 rings (SSSR count). The molecule has 0 bridgehead atoms. The van der Waals surface area contributed by atoms with Crippen molar-refractivity contribution in [3.8, 4) is 5.75 Å². The molecule has 1 aromatic heterocycles. The largest absolute Gasteiger partial charge is 0.508 e. The fourth-order valence-electron chi connectivity index (χ4n) is 5.96. The number of aromatic hydroxyl groups is 1. The highest BCUT2D eigenvalue weighted by molar-refractivity contribution is 6.34. The number of hydrazine groups is 1. The van der Waals surface area contributed by atoms with Crippen LogP contribution in [-0.4, -0.2) is 84.8 Å². The Morgan fingerprint density at radius 1 is 1.07 bits per heavy atom. The predicted molar refractivity (Wildman–Crippen MR) is 165 cm³/mol. The maximum Gasteiger partial charge on any atom is 0.334 e. The molecule has 0 unspecified atom stereocenters. The van der Waals surface area contributed by atoms with E-state index in [1.54, 1.807) is 50.2 Å². The first-order valence-corrected chi connectivity index (χ1v) is 14.7. The number of carbonyl (C=O) groups is 3. The molecule has 3 heterocycles. The molecule has 0 saturated carbocycles. The lowest BCUT2D eigenvalue weighted by atomic mass is 9.98. The van der Waals surface area contributed by atoms with Crippen molar-refractivity contribution in [1.29, 1.82) is 0 Å². The third kappa shape index (κ3) is 5.71. The summed E-state index contributed by atoms with van der Waals surface area (Å²) >= 11 is 6.27. The number of piperazine rings is 1. The Morgan fingerprint density at radius 2 is 1.84 bits per heavy atom. The van der Waals surface area contributed by atoms with Crippen LogP contribution in [0.2, 0.25) is 5.15 Å². The minimum absolute atomic E-state index is 0.0846. The van der Waals surface area contributed by atoms with Crippen LogP contribution < -0.4 is 5.32 Å². The molecule has 0 spiro atoms. The maximum absolute atomic E-state index is 14.2. The number of hydrogen-bond acceptors (Lipinski definition) is 6. The zero-order chi connectivity index (χ0) is 30.8. The number of benzene rings is 3. The van der Waals surface area contributed by atoms with Gasteiger partial charge in [-0.2, -0.15) is 5.10 Å². The lowest BCUT2D eigenvalue weighted by molar-refractivity contribution is -0.189. The molecule has 0 radical (unpaired) electrons. The van der Waals surface area contributed by atoms with Gasteiger partial charge in [0.05, 0.1) is 18.6 Å². The van der Waals surface area contributed by atoms with Crippen molar-refractivity contribution in [2.24, 2.45) is 0 Å². The number of phenols is 1. The van der Waals surface area contributed by atoms with Gasteiger partial charge in [-0.3, -0.25) is 14.7 Å². The van der Waals surface area contributed by atoms with E-state index in [0.29, 0.717) is 17.2 Å². The number of hydrogen-bond donors (Lipinski definition) is 3. The number of fused-ring (bicyclic) bond motifs is 2. The van der Waals surface area contributed by atoms with Gasteiger partial charge >= 0.3 is 6.03 Å². The number of aromatic nitrogens is 2. The Morgan fingerprint density at radius 3 is 2.59 bits per heavy atom. The van der Waals surface area contributed by atoms with Crippen molar-refractivity contribution >= 4 is 40.3 Å². The molecule has 2 atom stereocenters. The third-order valence-electron chi connectivity index (χ3n) is 8.03. The van der Waals surface area contributed by atoms with E-state index in [1.165, 1.54) is 0 Å². The zero-order valence-electron chi connectivity index (χ0n) is 23.9. The van der Waals surface area contributed by atoms with Crippen LogP contribution in [0.4, 0.5) is 4.79 Å². The summed E-state index contributed by atoms with van der Waals surface area (Å²) in [5.74, 6) is -0.403. The van der Waals surface area contributed by atoms with E-state index in [2.05, 4.69) is 22.1 Å². The second-order valence-electron chi connectivity index (χ2n) is 10.9. The monoisotopic (exact) mass is 613 g/mol. The number of rotatable bonds is 8. The molecule has 226 valence electrons. The van der Waals surface area contributed by atoms with E-state index in [-0.39, 0.29) is 50.2 Å². The van der Waals surface area contributed by atoms with Crippen molar-refractivity contribution in [2.45, 2.75) is 31.7 Å². The van der Waals surface area contributed by atoms with Crippen LogP contribution in [0.5, 0.6) is 5.75 Å². The summed E-state index contributed by atoms with van der Waals surface area (Å²) < 4.78 is 0. The zero-order valence-corrected chi connectivity index (χ0v) is 24.7. The van der Waals surface area contributed by atoms with Crippen LogP contribution in [-0.2, 0) is 29.1 Å². The number of aromatic amines is 1. The molecule has 2 fully saturated rings. The van der Waals surface area contributed by atoms with Crippen LogP contribution in [0, 0.1) is 0 Å². The first-order chi connectivity index (χ1) is 21.3. The number of halogens is 1. The van der Waals surface area contributed by atoms with Crippen molar-refractivity contribution in [2.75, 3.05) is 19.6 Å². The Labute approximate surface area is 259 Å². The Balaban J connectivity index is 1.37. The van der Waals surface area contributed by atoms with Gasteiger partial charge in [0.25, 0.3) is 0 Å². The van der Waals surface area contributed by atoms with Gasteiger partial charge < -0.3 is 20.2 Å².